The number of halogens is 1. The van der Waals surface area contributed by atoms with Gasteiger partial charge in [0.25, 0.3) is 11.8 Å². The molecule has 0 saturated heterocycles. The lowest BCUT2D eigenvalue weighted by molar-refractivity contribution is -0.147. The minimum Gasteiger partial charge on any atom is -0.491 e. The molecule has 5 amide bonds. The normalized spacial score (nSPS) is 17.6. The number of carbonyl (C=O) groups excluding carboxylic acids is 5. The van der Waals surface area contributed by atoms with Gasteiger partial charge >= 0.3 is 0 Å². The molecule has 22 heteroatoms. The van der Waals surface area contributed by atoms with Gasteiger partial charge in [0, 0.05) is 44.1 Å². The van der Waals surface area contributed by atoms with Gasteiger partial charge in [-0.25, -0.2) is 14.4 Å². The van der Waals surface area contributed by atoms with Crippen LogP contribution in [0.5, 0.6) is 11.6 Å². The number of nitrogen functional groups attached to an aromatic ring is 1. The molecule has 21 nitrogen and oxygen atoms in total. The predicted molar refractivity (Wildman–Crippen MR) is 293 cm³/mol. The van der Waals surface area contributed by atoms with Crippen molar-refractivity contribution < 1.29 is 47.3 Å². The van der Waals surface area contributed by atoms with Crippen LogP contribution in [0, 0.1) is 22.6 Å². The molecule has 80 heavy (non-hydrogen) atoms. The summed E-state index contributed by atoms with van der Waals surface area (Å²) in [6.45, 7) is 10.5. The summed E-state index contributed by atoms with van der Waals surface area (Å²) in [5, 5.41) is 26.7. The van der Waals surface area contributed by atoms with Crippen LogP contribution in [0.4, 0.5) is 10.2 Å². The molecular formula is C58H71FN12O9. The molecule has 0 saturated carbocycles. The van der Waals surface area contributed by atoms with Crippen LogP contribution in [-0.2, 0) is 61.1 Å². The number of carbonyl (C=O) groups is 5. The third-order valence-corrected chi connectivity index (χ3v) is 14.7. The monoisotopic (exact) mass is 1100 g/mol. The zero-order chi connectivity index (χ0) is 57.3. The Morgan fingerprint density at radius 3 is 2.50 bits per heavy atom. The quantitative estimate of drug-likeness (QED) is 0.0691. The van der Waals surface area contributed by atoms with Gasteiger partial charge in [-0.2, -0.15) is 10.4 Å². The summed E-state index contributed by atoms with van der Waals surface area (Å²) in [6.07, 6.45) is 3.57. The molecule has 0 fully saturated rings. The Labute approximate surface area is 465 Å². The van der Waals surface area contributed by atoms with Gasteiger partial charge in [-0.3, -0.25) is 28.7 Å². The summed E-state index contributed by atoms with van der Waals surface area (Å²) in [7, 11) is 3.26. The van der Waals surface area contributed by atoms with E-state index in [-0.39, 0.29) is 136 Å². The highest BCUT2D eigenvalue weighted by Crippen LogP contribution is 2.36. The lowest BCUT2D eigenvalue weighted by Crippen LogP contribution is -2.62. The zero-order valence-corrected chi connectivity index (χ0v) is 46.4. The lowest BCUT2D eigenvalue weighted by Gasteiger charge is -2.41. The molecule has 0 radical (unpaired) electrons. The van der Waals surface area contributed by atoms with Gasteiger partial charge in [-0.1, -0.05) is 51.1 Å². The third-order valence-electron chi connectivity index (χ3n) is 14.7. The average molecular weight is 1100 g/mol. The topological polar surface area (TPSA) is 270 Å². The van der Waals surface area contributed by atoms with E-state index in [0.29, 0.717) is 17.0 Å². The van der Waals surface area contributed by atoms with Crippen LogP contribution >= 0.6 is 0 Å². The summed E-state index contributed by atoms with van der Waals surface area (Å²) in [5.74, 6) is -1.70. The maximum Gasteiger partial charge on any atom is 0.258 e. The Bertz CT molecular complexity index is 3140. The van der Waals surface area contributed by atoms with Crippen LogP contribution in [0.3, 0.4) is 0 Å². The van der Waals surface area contributed by atoms with Gasteiger partial charge in [0.15, 0.2) is 11.5 Å². The van der Waals surface area contributed by atoms with Crippen molar-refractivity contribution in [1.82, 2.24) is 50.8 Å². The Morgan fingerprint density at radius 1 is 0.975 bits per heavy atom. The van der Waals surface area contributed by atoms with Crippen molar-refractivity contribution in [2.75, 3.05) is 59.4 Å². The van der Waals surface area contributed by atoms with Crippen LogP contribution in [0.2, 0.25) is 0 Å². The van der Waals surface area contributed by atoms with Gasteiger partial charge in [-0.15, -0.1) is 0 Å². The van der Waals surface area contributed by atoms with Crippen LogP contribution in [0.15, 0.2) is 66.9 Å². The standard InChI is InChI=1S/C58H71FN12O9/c1-34(62-6)53(73)67-51(58(3,4)5)57(76)70-32-38-27-40(17-15-37(38)28-47(70)54(74)65-44-14-10-12-36-11-8-9-13-41(36)44)79-26-25-78-24-23-77-22-19-49(72)63-20-21-71-48-33-69(7)56(75)42-18-16-39(59)29-43(42)35(2)80-55-52(61)64-31-46(66-55)50(48)45(30-60)68-71/h8-9,11,13,15-18,27,29,31,34-35,44,47,51,62H,10,12,14,19-26,28,32-33H2,1-7H3,(H2,61,64)(H,63,72)(H,65,74)(H,67,73)/t34-,35-,44+,47-,51+/m1/s1. The van der Waals surface area contributed by atoms with Gasteiger partial charge in [0.05, 0.1) is 74.7 Å². The van der Waals surface area contributed by atoms with Crippen LogP contribution in [0.25, 0.3) is 11.3 Å². The molecule has 2 aliphatic heterocycles. The van der Waals surface area contributed by atoms with Crippen LogP contribution in [-0.4, -0.2) is 131 Å². The van der Waals surface area contributed by atoms with E-state index in [1.165, 1.54) is 39.5 Å². The third kappa shape index (κ3) is 13.7. The van der Waals surface area contributed by atoms with E-state index in [1.807, 2.05) is 51.1 Å². The first kappa shape index (κ1) is 58.2. The number of nitrogens with zero attached hydrogens (tertiary/aromatic N) is 7. The number of likely N-dealkylation sites (N-methyl/N-ethyl adjacent to an activating group) is 1. The highest BCUT2D eigenvalue weighted by Gasteiger charge is 2.43. The molecule has 424 valence electrons. The number of benzene rings is 3. The Hall–Kier alpha value is -8.00. The molecule has 0 unspecified atom stereocenters. The number of rotatable bonds is 19. The molecule has 6 N–H and O–H groups in total. The lowest BCUT2D eigenvalue weighted by atomic mass is 9.83. The molecule has 5 aromatic rings. The summed E-state index contributed by atoms with van der Waals surface area (Å²) < 4.78 is 39.5. The Balaban J connectivity index is 0.814. The number of fused-ring (bicyclic) bond motifs is 7. The highest BCUT2D eigenvalue weighted by molar-refractivity contribution is 5.96. The number of hydrogen-bond acceptors (Lipinski definition) is 15. The largest absolute Gasteiger partial charge is 0.491 e. The van der Waals surface area contributed by atoms with Crippen molar-refractivity contribution in [1.29, 1.82) is 5.26 Å². The first-order valence-electron chi connectivity index (χ1n) is 27.0. The fourth-order valence-corrected chi connectivity index (χ4v) is 10.2. The van der Waals surface area contributed by atoms with E-state index in [4.69, 9.17) is 24.7 Å². The molecule has 3 aromatic carbocycles. The van der Waals surface area contributed by atoms with Gasteiger partial charge in [0.2, 0.25) is 23.6 Å². The van der Waals surface area contributed by atoms with Crippen molar-refractivity contribution in [2.24, 2.45) is 5.41 Å². The number of aromatic nitrogens is 4. The Kier molecular flexibility index (Phi) is 18.8. The van der Waals surface area contributed by atoms with Gasteiger partial charge < -0.3 is 55.7 Å². The van der Waals surface area contributed by atoms with E-state index in [2.05, 4.69) is 54.5 Å². The first-order chi connectivity index (χ1) is 38.3. The second kappa shape index (κ2) is 25.9. The second-order valence-electron chi connectivity index (χ2n) is 21.4. The number of amides is 5. The summed E-state index contributed by atoms with van der Waals surface area (Å²) >= 11 is 0. The maximum absolute atomic E-state index is 14.7. The number of nitrogens with two attached hydrogens (primary N) is 1. The van der Waals surface area contributed by atoms with E-state index in [1.54, 1.807) is 32.8 Å². The average Bonchev–Trinajstić information content (AvgIpc) is 3.81. The highest BCUT2D eigenvalue weighted by atomic mass is 19.1. The van der Waals surface area contributed by atoms with E-state index in [0.717, 1.165) is 36.0 Å². The van der Waals surface area contributed by atoms with Crippen molar-refractivity contribution >= 4 is 35.4 Å². The minimum absolute atomic E-state index is 0.0136. The zero-order valence-electron chi connectivity index (χ0n) is 46.4. The molecule has 8 rings (SSSR count). The van der Waals surface area contributed by atoms with Crippen molar-refractivity contribution in [3.8, 4) is 29.0 Å². The number of ether oxygens (including phenoxy) is 4. The number of hydrogen-bond donors (Lipinski definition) is 5. The minimum atomic E-state index is -0.912. The van der Waals surface area contributed by atoms with E-state index >= 15 is 0 Å². The molecule has 4 heterocycles. The molecule has 5 atom stereocenters. The van der Waals surface area contributed by atoms with Crippen molar-refractivity contribution in [2.45, 2.75) is 117 Å². The SMILES string of the molecule is CN[C@H](C)C(=O)N[C@@H](C(=O)N1Cc2cc(OCCOCCOCCC(=O)NCCn3nc(C#N)c4c3CN(C)C(=O)c3ccc(F)cc3[C@@H](C)Oc3nc-4cnc3N)ccc2C[C@@H]1C(=O)N[C@H]1CCCc2ccccc21)C(C)(C)C. The predicted octanol–water partition coefficient (Wildman–Crippen LogP) is 4.86. The van der Waals surface area contributed by atoms with E-state index in [9.17, 15) is 33.6 Å². The molecular weight excluding hydrogens is 1030 g/mol. The molecule has 0 spiro atoms. The van der Waals surface area contributed by atoms with E-state index < -0.39 is 41.4 Å². The fraction of sp³-hybridized carbons (Fsp3) is 0.466. The molecule has 3 aliphatic rings. The summed E-state index contributed by atoms with van der Waals surface area (Å²) in [5.41, 5.74) is 11.0. The number of nitrogens with one attached hydrogen (secondary N) is 4. The first-order valence-corrected chi connectivity index (χ1v) is 27.0. The number of aryl methyl sites for hydroxylation is 1. The fourth-order valence-electron chi connectivity index (χ4n) is 10.2. The van der Waals surface area contributed by atoms with Gasteiger partial charge in [-0.05, 0) is 98.2 Å². The number of anilines is 1. The smallest absolute Gasteiger partial charge is 0.258 e. The van der Waals surface area contributed by atoms with Crippen molar-refractivity contribution in [3.05, 3.63) is 117 Å². The second-order valence-corrected chi connectivity index (χ2v) is 21.4. The van der Waals surface area contributed by atoms with Crippen molar-refractivity contribution in [3.63, 3.8) is 0 Å². The molecule has 2 aromatic heterocycles. The van der Waals surface area contributed by atoms with Crippen LogP contribution < -0.4 is 36.5 Å². The van der Waals surface area contributed by atoms with Gasteiger partial charge in [0.1, 0.15) is 42.4 Å². The van der Waals surface area contributed by atoms with Crippen LogP contribution in [0.1, 0.15) is 116 Å². The summed E-state index contributed by atoms with van der Waals surface area (Å²) in [6, 6.07) is 17.3. The summed E-state index contributed by atoms with van der Waals surface area (Å²) in [4.78, 5) is 80.9. The molecule has 1 aliphatic carbocycles. The molecule has 2 bridgehead atoms. The maximum atomic E-state index is 14.7. The number of nitriles is 1. The Morgan fingerprint density at radius 2 is 1.74 bits per heavy atom.